The van der Waals surface area contributed by atoms with Crippen LogP contribution in [0.15, 0.2) is 0 Å². The highest BCUT2D eigenvalue weighted by Gasteiger charge is 2.43. The number of hydrogen-bond donors (Lipinski definition) is 2. The minimum atomic E-state index is -0.567. The number of amides is 2. The number of nitrogens with one attached hydrogen (secondary N) is 2. The van der Waals surface area contributed by atoms with Crippen LogP contribution in [0.4, 0.5) is 0 Å². The van der Waals surface area contributed by atoms with Crippen LogP contribution in [-0.4, -0.2) is 54.7 Å². The Morgan fingerprint density at radius 1 is 1.56 bits per heavy atom. The molecule has 102 valence electrons. The van der Waals surface area contributed by atoms with Crippen molar-refractivity contribution in [3.05, 3.63) is 0 Å². The van der Waals surface area contributed by atoms with Crippen molar-refractivity contribution in [2.75, 3.05) is 13.6 Å². The highest BCUT2D eigenvalue weighted by Crippen LogP contribution is 2.26. The van der Waals surface area contributed by atoms with E-state index in [0.717, 1.165) is 19.4 Å². The van der Waals surface area contributed by atoms with Crippen LogP contribution < -0.4 is 10.6 Å². The predicted molar refractivity (Wildman–Crippen MR) is 65.7 cm³/mol. The average molecular weight is 255 g/mol. The van der Waals surface area contributed by atoms with E-state index in [4.69, 9.17) is 4.74 Å². The largest absolute Gasteiger partial charge is 0.353 e. The molecule has 0 saturated carbocycles. The topological polar surface area (TPSA) is 70.7 Å². The predicted octanol–water partition coefficient (Wildman–Crippen LogP) is -0.554. The van der Waals surface area contributed by atoms with Gasteiger partial charge in [-0.2, -0.15) is 0 Å². The summed E-state index contributed by atoms with van der Waals surface area (Å²) in [5.74, 6) is -0.197. The summed E-state index contributed by atoms with van der Waals surface area (Å²) < 4.78 is 5.78. The molecule has 0 aliphatic carbocycles. The number of hydrogen-bond acceptors (Lipinski definition) is 4. The molecule has 0 spiro atoms. The van der Waals surface area contributed by atoms with E-state index in [2.05, 4.69) is 10.6 Å². The molecule has 18 heavy (non-hydrogen) atoms. The first-order chi connectivity index (χ1) is 8.54. The Kier molecular flexibility index (Phi) is 3.87. The van der Waals surface area contributed by atoms with E-state index in [-0.39, 0.29) is 30.2 Å². The molecule has 0 bridgehead atoms. The van der Waals surface area contributed by atoms with Gasteiger partial charge in [0.1, 0.15) is 12.3 Å². The van der Waals surface area contributed by atoms with Gasteiger partial charge >= 0.3 is 0 Å². The fraction of sp³-hybridized carbons (Fsp3) is 0.833. The number of likely N-dealkylation sites (N-methyl/N-ethyl adjacent to an activating group) is 1. The third kappa shape index (κ3) is 2.35. The van der Waals surface area contributed by atoms with Gasteiger partial charge in [0, 0.05) is 6.54 Å². The first kappa shape index (κ1) is 13.3. The lowest BCUT2D eigenvalue weighted by Gasteiger charge is -2.39. The van der Waals surface area contributed by atoms with Gasteiger partial charge in [-0.15, -0.1) is 0 Å². The van der Waals surface area contributed by atoms with Crippen molar-refractivity contribution in [2.45, 2.75) is 51.1 Å². The highest BCUT2D eigenvalue weighted by molar-refractivity contribution is 5.90. The lowest BCUT2D eigenvalue weighted by Crippen LogP contribution is -2.62. The van der Waals surface area contributed by atoms with Crippen LogP contribution in [0.1, 0.15) is 26.7 Å². The molecule has 2 saturated heterocycles. The molecule has 4 atom stereocenters. The fourth-order valence-electron chi connectivity index (χ4n) is 2.42. The van der Waals surface area contributed by atoms with Gasteiger partial charge < -0.3 is 20.3 Å². The molecule has 2 fully saturated rings. The molecule has 2 N–H and O–H groups in total. The summed E-state index contributed by atoms with van der Waals surface area (Å²) in [7, 11) is 1.71. The molecule has 0 aromatic rings. The Balaban J connectivity index is 2.03. The number of rotatable bonds is 3. The Morgan fingerprint density at radius 3 is 2.94 bits per heavy atom. The van der Waals surface area contributed by atoms with E-state index in [1.807, 2.05) is 6.92 Å². The van der Waals surface area contributed by atoms with E-state index >= 15 is 0 Å². The maximum atomic E-state index is 12.3. The molecule has 0 radical (unpaired) electrons. The van der Waals surface area contributed by atoms with Crippen LogP contribution in [0.5, 0.6) is 0 Å². The molecule has 2 aliphatic rings. The van der Waals surface area contributed by atoms with E-state index < -0.39 is 6.04 Å². The molecule has 6 heteroatoms. The second kappa shape index (κ2) is 5.24. The first-order valence-corrected chi connectivity index (χ1v) is 6.48. The SMILES string of the molecule is CNC(C)C(=O)NC1C(=O)N2CCCC2OC1C. The molecule has 0 aromatic carbocycles. The molecule has 2 rings (SSSR count). The Hall–Kier alpha value is -1.14. The third-order valence-electron chi connectivity index (χ3n) is 3.71. The van der Waals surface area contributed by atoms with Gasteiger partial charge in [-0.3, -0.25) is 9.59 Å². The average Bonchev–Trinajstić information content (AvgIpc) is 2.81. The van der Waals surface area contributed by atoms with Crippen LogP contribution in [0.25, 0.3) is 0 Å². The van der Waals surface area contributed by atoms with Gasteiger partial charge in [0.25, 0.3) is 0 Å². The van der Waals surface area contributed by atoms with Gasteiger partial charge in [-0.1, -0.05) is 0 Å². The number of nitrogens with zero attached hydrogens (tertiary/aromatic N) is 1. The Labute approximate surface area is 107 Å². The van der Waals surface area contributed by atoms with Gasteiger partial charge in [-0.05, 0) is 33.7 Å². The monoisotopic (exact) mass is 255 g/mol. The van der Waals surface area contributed by atoms with Crippen molar-refractivity contribution in [1.82, 2.24) is 15.5 Å². The normalized spacial score (nSPS) is 33.2. The zero-order chi connectivity index (χ0) is 13.3. The minimum absolute atomic E-state index is 0.0205. The summed E-state index contributed by atoms with van der Waals surface area (Å²) in [4.78, 5) is 25.8. The van der Waals surface area contributed by atoms with Crippen molar-refractivity contribution < 1.29 is 14.3 Å². The number of ether oxygens (including phenoxy) is 1. The van der Waals surface area contributed by atoms with Crippen molar-refractivity contribution in [3.8, 4) is 0 Å². The zero-order valence-electron chi connectivity index (χ0n) is 11.1. The number of fused-ring (bicyclic) bond motifs is 1. The van der Waals surface area contributed by atoms with E-state index in [1.54, 1.807) is 18.9 Å². The summed E-state index contributed by atoms with van der Waals surface area (Å²) in [6, 6.07) is -0.885. The van der Waals surface area contributed by atoms with Crippen LogP contribution in [0.2, 0.25) is 0 Å². The Bertz CT molecular complexity index is 347. The van der Waals surface area contributed by atoms with Gasteiger partial charge in [-0.25, -0.2) is 0 Å². The van der Waals surface area contributed by atoms with E-state index in [0.29, 0.717) is 0 Å². The molecule has 0 aromatic heterocycles. The standard InChI is InChI=1S/C12H21N3O3/c1-7(13-3)11(16)14-10-8(2)18-9-5-4-6-15(9)12(10)17/h7-10,13H,4-6H2,1-3H3,(H,14,16). The third-order valence-corrected chi connectivity index (χ3v) is 3.71. The van der Waals surface area contributed by atoms with E-state index in [1.165, 1.54) is 0 Å². The molecule has 2 aliphatic heterocycles. The Morgan fingerprint density at radius 2 is 2.28 bits per heavy atom. The van der Waals surface area contributed by atoms with Gasteiger partial charge in [0.2, 0.25) is 11.8 Å². The second-order valence-corrected chi connectivity index (χ2v) is 4.97. The fourth-order valence-corrected chi connectivity index (χ4v) is 2.42. The second-order valence-electron chi connectivity index (χ2n) is 4.97. The summed E-state index contributed by atoms with van der Waals surface area (Å²) in [6.45, 7) is 4.32. The van der Waals surface area contributed by atoms with Crippen LogP contribution in [-0.2, 0) is 14.3 Å². The molecular weight excluding hydrogens is 234 g/mol. The molecule has 4 unspecified atom stereocenters. The van der Waals surface area contributed by atoms with Gasteiger partial charge in [0.15, 0.2) is 0 Å². The van der Waals surface area contributed by atoms with E-state index in [9.17, 15) is 9.59 Å². The van der Waals surface area contributed by atoms with Crippen LogP contribution in [0.3, 0.4) is 0 Å². The summed E-state index contributed by atoms with van der Waals surface area (Å²) >= 11 is 0. The lowest BCUT2D eigenvalue weighted by molar-refractivity contribution is -0.172. The van der Waals surface area contributed by atoms with Crippen molar-refractivity contribution >= 4 is 11.8 Å². The van der Waals surface area contributed by atoms with Crippen LogP contribution in [0, 0.1) is 0 Å². The highest BCUT2D eigenvalue weighted by atomic mass is 16.5. The summed E-state index contributed by atoms with van der Waals surface area (Å²) in [5.41, 5.74) is 0. The molecule has 2 amide bonds. The van der Waals surface area contributed by atoms with Crippen LogP contribution >= 0.6 is 0 Å². The van der Waals surface area contributed by atoms with Gasteiger partial charge in [0.05, 0.1) is 12.1 Å². The van der Waals surface area contributed by atoms with Crippen molar-refractivity contribution in [3.63, 3.8) is 0 Å². The maximum Gasteiger partial charge on any atom is 0.249 e. The molecular formula is C12H21N3O3. The lowest BCUT2D eigenvalue weighted by atomic mass is 10.1. The maximum absolute atomic E-state index is 12.3. The molecule has 2 heterocycles. The molecule has 6 nitrogen and oxygen atoms in total. The quantitative estimate of drug-likeness (QED) is 0.709. The summed E-state index contributed by atoms with van der Waals surface area (Å²) in [6.07, 6.45) is 1.49. The van der Waals surface area contributed by atoms with Crippen molar-refractivity contribution in [1.29, 1.82) is 0 Å². The smallest absolute Gasteiger partial charge is 0.249 e. The first-order valence-electron chi connectivity index (χ1n) is 6.48. The van der Waals surface area contributed by atoms with Crippen molar-refractivity contribution in [2.24, 2.45) is 0 Å². The minimum Gasteiger partial charge on any atom is -0.353 e. The summed E-state index contributed by atoms with van der Waals surface area (Å²) in [5, 5.41) is 5.62. The number of carbonyl (C=O) groups is 2. The zero-order valence-corrected chi connectivity index (χ0v) is 11.1. The number of carbonyl (C=O) groups excluding carboxylic acids is 2.